The van der Waals surface area contributed by atoms with Gasteiger partial charge in [0, 0.05) is 19.0 Å². The molecule has 0 unspecified atom stereocenters. The van der Waals surface area contributed by atoms with Gasteiger partial charge in [0.1, 0.15) is 5.54 Å². The average Bonchev–Trinajstić information content (AvgIpc) is 3.00. The zero-order chi connectivity index (χ0) is 18.0. The summed E-state index contributed by atoms with van der Waals surface area (Å²) in [6.07, 6.45) is 2.20. The summed E-state index contributed by atoms with van der Waals surface area (Å²) in [5.41, 5.74) is 1.28. The molecule has 1 heterocycles. The van der Waals surface area contributed by atoms with Crippen LogP contribution in [0, 0.1) is 0 Å². The standard InChI is InChI=1S/C18H17BrN2O4/c1-24-16-14(19)7-13(10-20-16)15(22)21-18(17(23)25-2)8-11-5-3-4-6-12(11)9-18/h3-7,10H,8-9H2,1-2H3,(H,21,22). The first-order valence-electron chi connectivity index (χ1n) is 7.66. The number of pyridine rings is 1. The normalized spacial score (nSPS) is 14.5. The molecule has 0 aliphatic heterocycles. The van der Waals surface area contributed by atoms with Crippen molar-refractivity contribution in [3.8, 4) is 5.88 Å². The number of nitrogens with one attached hydrogen (secondary N) is 1. The molecule has 2 aromatic rings. The summed E-state index contributed by atoms with van der Waals surface area (Å²) >= 11 is 3.31. The molecule has 0 atom stereocenters. The van der Waals surface area contributed by atoms with E-state index < -0.39 is 17.4 Å². The molecule has 1 aliphatic rings. The van der Waals surface area contributed by atoms with E-state index in [0.717, 1.165) is 11.1 Å². The van der Waals surface area contributed by atoms with E-state index in [1.54, 1.807) is 6.07 Å². The van der Waals surface area contributed by atoms with Crippen molar-refractivity contribution in [2.24, 2.45) is 0 Å². The van der Waals surface area contributed by atoms with Crippen molar-refractivity contribution in [2.45, 2.75) is 18.4 Å². The van der Waals surface area contributed by atoms with Crippen LogP contribution in [0.25, 0.3) is 0 Å². The van der Waals surface area contributed by atoms with Gasteiger partial charge in [0.2, 0.25) is 5.88 Å². The van der Waals surface area contributed by atoms with E-state index in [1.165, 1.54) is 20.4 Å². The Morgan fingerprint density at radius 1 is 1.20 bits per heavy atom. The van der Waals surface area contributed by atoms with Gasteiger partial charge in [-0.2, -0.15) is 0 Å². The van der Waals surface area contributed by atoms with E-state index in [9.17, 15) is 9.59 Å². The van der Waals surface area contributed by atoms with E-state index in [4.69, 9.17) is 9.47 Å². The second kappa shape index (κ2) is 6.84. The Morgan fingerprint density at radius 2 is 1.84 bits per heavy atom. The van der Waals surface area contributed by atoms with Gasteiger partial charge in [0.25, 0.3) is 5.91 Å². The minimum atomic E-state index is -1.11. The SMILES string of the molecule is COC(=O)C1(NC(=O)c2cnc(OC)c(Br)c2)Cc2ccccc2C1. The largest absolute Gasteiger partial charge is 0.480 e. The zero-order valence-corrected chi connectivity index (χ0v) is 15.4. The quantitative estimate of drug-likeness (QED) is 0.790. The predicted molar refractivity (Wildman–Crippen MR) is 94.6 cm³/mol. The third-order valence-electron chi connectivity index (χ3n) is 4.29. The zero-order valence-electron chi connectivity index (χ0n) is 13.8. The average molecular weight is 405 g/mol. The smallest absolute Gasteiger partial charge is 0.332 e. The first kappa shape index (κ1) is 17.4. The fourth-order valence-electron chi connectivity index (χ4n) is 3.08. The fraction of sp³-hybridized carbons (Fsp3) is 0.278. The van der Waals surface area contributed by atoms with Crippen LogP contribution in [-0.4, -0.2) is 36.6 Å². The van der Waals surface area contributed by atoms with Gasteiger partial charge in [-0.05, 0) is 33.1 Å². The molecular weight excluding hydrogens is 388 g/mol. The molecule has 25 heavy (non-hydrogen) atoms. The van der Waals surface area contributed by atoms with E-state index in [1.807, 2.05) is 24.3 Å². The molecule has 0 radical (unpaired) electrons. The molecular formula is C18H17BrN2O4. The van der Waals surface area contributed by atoms with Crippen LogP contribution in [0.15, 0.2) is 41.0 Å². The van der Waals surface area contributed by atoms with E-state index in [2.05, 4.69) is 26.2 Å². The van der Waals surface area contributed by atoms with Crippen molar-refractivity contribution in [3.05, 3.63) is 57.7 Å². The molecule has 1 aliphatic carbocycles. The lowest BCUT2D eigenvalue weighted by Crippen LogP contribution is -2.56. The number of rotatable bonds is 4. The lowest BCUT2D eigenvalue weighted by atomic mass is 9.95. The number of carbonyl (C=O) groups is 2. The summed E-state index contributed by atoms with van der Waals surface area (Å²) in [5.74, 6) is -0.473. The molecule has 6 nitrogen and oxygen atoms in total. The Bertz CT molecular complexity index is 813. The van der Waals surface area contributed by atoms with Crippen molar-refractivity contribution in [1.29, 1.82) is 0 Å². The molecule has 0 bridgehead atoms. The van der Waals surface area contributed by atoms with Gasteiger partial charge >= 0.3 is 5.97 Å². The molecule has 0 fully saturated rings. The van der Waals surface area contributed by atoms with Gasteiger partial charge in [-0.1, -0.05) is 24.3 Å². The van der Waals surface area contributed by atoms with Crippen LogP contribution < -0.4 is 10.1 Å². The number of fused-ring (bicyclic) bond motifs is 1. The number of amides is 1. The maximum absolute atomic E-state index is 12.7. The Labute approximate surface area is 153 Å². The number of esters is 1. The summed E-state index contributed by atoms with van der Waals surface area (Å²) in [6, 6.07) is 9.35. The molecule has 130 valence electrons. The number of aromatic nitrogens is 1. The van der Waals surface area contributed by atoms with Crippen LogP contribution >= 0.6 is 15.9 Å². The van der Waals surface area contributed by atoms with Crippen molar-refractivity contribution in [2.75, 3.05) is 14.2 Å². The highest BCUT2D eigenvalue weighted by Crippen LogP contribution is 2.32. The maximum atomic E-state index is 12.7. The highest BCUT2D eigenvalue weighted by atomic mass is 79.9. The number of ether oxygens (including phenoxy) is 2. The number of hydrogen-bond donors (Lipinski definition) is 1. The Morgan fingerprint density at radius 3 is 2.36 bits per heavy atom. The second-order valence-corrected chi connectivity index (χ2v) is 6.72. The van der Waals surface area contributed by atoms with Gasteiger partial charge in [-0.25, -0.2) is 9.78 Å². The number of carbonyl (C=O) groups excluding carboxylic acids is 2. The van der Waals surface area contributed by atoms with Crippen LogP contribution in [0.4, 0.5) is 0 Å². The van der Waals surface area contributed by atoms with Gasteiger partial charge in [0.15, 0.2) is 0 Å². The molecule has 1 N–H and O–H groups in total. The van der Waals surface area contributed by atoms with Crippen LogP contribution in [0.1, 0.15) is 21.5 Å². The molecule has 3 rings (SSSR count). The van der Waals surface area contributed by atoms with Crippen molar-refractivity contribution in [3.63, 3.8) is 0 Å². The number of benzene rings is 1. The van der Waals surface area contributed by atoms with Gasteiger partial charge in [0.05, 0.1) is 24.3 Å². The summed E-state index contributed by atoms with van der Waals surface area (Å²) < 4.78 is 10.6. The van der Waals surface area contributed by atoms with Crippen molar-refractivity contribution in [1.82, 2.24) is 10.3 Å². The lowest BCUT2D eigenvalue weighted by molar-refractivity contribution is -0.147. The highest BCUT2D eigenvalue weighted by molar-refractivity contribution is 9.10. The monoisotopic (exact) mass is 404 g/mol. The Hall–Kier alpha value is -2.41. The molecule has 7 heteroatoms. The molecule has 1 aromatic heterocycles. The minimum Gasteiger partial charge on any atom is -0.480 e. The highest BCUT2D eigenvalue weighted by Gasteiger charge is 2.46. The minimum absolute atomic E-state index is 0.326. The Balaban J connectivity index is 1.88. The summed E-state index contributed by atoms with van der Waals surface area (Å²) in [6.45, 7) is 0. The number of halogens is 1. The number of nitrogens with zero attached hydrogens (tertiary/aromatic N) is 1. The van der Waals surface area contributed by atoms with Crippen molar-refractivity contribution >= 4 is 27.8 Å². The molecule has 1 amide bonds. The molecule has 0 saturated heterocycles. The first-order chi connectivity index (χ1) is 12.0. The van der Waals surface area contributed by atoms with Gasteiger partial charge < -0.3 is 14.8 Å². The van der Waals surface area contributed by atoms with Crippen molar-refractivity contribution < 1.29 is 19.1 Å². The van der Waals surface area contributed by atoms with Crippen LogP contribution in [0.3, 0.4) is 0 Å². The molecule has 1 aromatic carbocycles. The summed E-state index contributed by atoms with van der Waals surface area (Å²) in [7, 11) is 2.82. The van der Waals surface area contributed by atoms with Gasteiger partial charge in [-0.15, -0.1) is 0 Å². The third-order valence-corrected chi connectivity index (χ3v) is 4.86. The maximum Gasteiger partial charge on any atom is 0.332 e. The molecule has 0 spiro atoms. The number of methoxy groups -OCH3 is 2. The van der Waals surface area contributed by atoms with E-state index >= 15 is 0 Å². The van der Waals surface area contributed by atoms with E-state index in [-0.39, 0.29) is 0 Å². The van der Waals surface area contributed by atoms with Crippen LogP contribution in [0.5, 0.6) is 5.88 Å². The summed E-state index contributed by atoms with van der Waals surface area (Å²) in [5, 5.41) is 2.86. The number of hydrogen-bond acceptors (Lipinski definition) is 5. The topological polar surface area (TPSA) is 77.5 Å². The Kier molecular flexibility index (Phi) is 4.76. The van der Waals surface area contributed by atoms with Crippen LogP contribution in [0.2, 0.25) is 0 Å². The predicted octanol–water partition coefficient (Wildman–Crippen LogP) is 2.29. The second-order valence-electron chi connectivity index (χ2n) is 5.87. The summed E-state index contributed by atoms with van der Waals surface area (Å²) in [4.78, 5) is 29.2. The first-order valence-corrected chi connectivity index (χ1v) is 8.45. The fourth-order valence-corrected chi connectivity index (χ4v) is 3.59. The third kappa shape index (κ3) is 3.24. The van der Waals surface area contributed by atoms with Crippen LogP contribution in [-0.2, 0) is 22.4 Å². The van der Waals surface area contributed by atoms with Gasteiger partial charge in [-0.3, -0.25) is 4.79 Å². The molecule has 0 saturated carbocycles. The lowest BCUT2D eigenvalue weighted by Gasteiger charge is -2.27. The van der Waals surface area contributed by atoms with E-state index in [0.29, 0.717) is 28.8 Å².